The highest BCUT2D eigenvalue weighted by molar-refractivity contribution is 5.91. The van der Waals surface area contributed by atoms with Gasteiger partial charge in [0, 0.05) is 14.2 Å². The van der Waals surface area contributed by atoms with Gasteiger partial charge < -0.3 is 30.1 Å². The van der Waals surface area contributed by atoms with Crippen molar-refractivity contribution in [3.8, 4) is 5.75 Å². The van der Waals surface area contributed by atoms with E-state index in [0.717, 1.165) is 12.8 Å². The van der Waals surface area contributed by atoms with Crippen LogP contribution in [-0.2, 0) is 4.74 Å². The molecule has 0 amide bonds. The highest BCUT2D eigenvalue weighted by Crippen LogP contribution is 2.24. The van der Waals surface area contributed by atoms with Crippen molar-refractivity contribution in [3.63, 3.8) is 0 Å². The first-order chi connectivity index (χ1) is 9.64. The molecule has 0 spiro atoms. The zero-order chi connectivity index (χ0) is 16.0. The molecule has 0 atom stereocenters. The van der Waals surface area contributed by atoms with E-state index in [1.165, 1.54) is 7.11 Å². The van der Waals surface area contributed by atoms with E-state index in [0.29, 0.717) is 11.3 Å². The summed E-state index contributed by atoms with van der Waals surface area (Å²) >= 11 is 0. The van der Waals surface area contributed by atoms with E-state index in [2.05, 4.69) is 10.1 Å². The number of hydrogen-bond donors (Lipinski definition) is 4. The van der Waals surface area contributed by atoms with Gasteiger partial charge in [-0.25, -0.2) is 4.79 Å². The van der Waals surface area contributed by atoms with Crippen molar-refractivity contribution in [1.82, 2.24) is 0 Å². The molecule has 20 heavy (non-hydrogen) atoms. The minimum Gasteiger partial charge on any atom is -0.495 e. The zero-order valence-electron chi connectivity index (χ0n) is 12.2. The molecule has 1 aromatic carbocycles. The first-order valence-electron chi connectivity index (χ1n) is 5.75. The average molecular weight is 289 g/mol. The summed E-state index contributed by atoms with van der Waals surface area (Å²) in [6.07, 6.45) is 0. The Kier molecular flexibility index (Phi) is 13.9. The first-order valence-corrected chi connectivity index (χ1v) is 5.75. The summed E-state index contributed by atoms with van der Waals surface area (Å²) in [5.74, 6) is 0.337. The number of ether oxygens (including phenoxy) is 2. The number of methoxy groups -OCH3 is 2. The summed E-state index contributed by atoms with van der Waals surface area (Å²) in [6, 6.07) is 5.06. The van der Waals surface area contributed by atoms with Crippen molar-refractivity contribution in [2.24, 2.45) is 0 Å². The minimum absolute atomic E-state index is 0.125. The Labute approximate surface area is 118 Å². The van der Waals surface area contributed by atoms with Crippen LogP contribution in [0.3, 0.4) is 0 Å². The van der Waals surface area contributed by atoms with Gasteiger partial charge in [0.05, 0.1) is 38.7 Å². The second-order valence-corrected chi connectivity index (χ2v) is 3.10. The predicted octanol–water partition coefficient (Wildman–Crippen LogP) is 0.103. The van der Waals surface area contributed by atoms with Crippen LogP contribution in [-0.4, -0.2) is 62.9 Å². The molecule has 116 valence electrons. The van der Waals surface area contributed by atoms with Crippen molar-refractivity contribution in [2.45, 2.75) is 0 Å². The average Bonchev–Trinajstić information content (AvgIpc) is 2.55. The van der Waals surface area contributed by atoms with Crippen LogP contribution in [0.5, 0.6) is 5.75 Å². The second-order valence-electron chi connectivity index (χ2n) is 3.10. The fourth-order valence-corrected chi connectivity index (χ4v) is 1.15. The summed E-state index contributed by atoms with van der Waals surface area (Å²) in [4.78, 5) is 11.2. The molecule has 0 saturated carbocycles. The number of carbonyl (C=O) groups excluding carboxylic acids is 1. The van der Waals surface area contributed by atoms with Crippen molar-refractivity contribution < 1.29 is 29.6 Å². The highest BCUT2D eigenvalue weighted by atomic mass is 16.5. The quantitative estimate of drug-likeness (QED) is 0.582. The van der Waals surface area contributed by atoms with E-state index in [9.17, 15) is 4.79 Å². The van der Waals surface area contributed by atoms with Crippen LogP contribution >= 0.6 is 0 Å². The zero-order valence-corrected chi connectivity index (χ0v) is 12.2. The van der Waals surface area contributed by atoms with Gasteiger partial charge in [-0.3, -0.25) is 0 Å². The van der Waals surface area contributed by atoms with E-state index in [1.54, 1.807) is 32.4 Å². The van der Waals surface area contributed by atoms with Gasteiger partial charge in [-0.05, 0) is 18.2 Å². The number of carbonyl (C=O) groups is 1. The molecule has 0 aliphatic rings. The highest BCUT2D eigenvalue weighted by Gasteiger charge is 2.08. The van der Waals surface area contributed by atoms with Crippen LogP contribution in [0.15, 0.2) is 18.2 Å². The first kappa shape index (κ1) is 20.5. The van der Waals surface area contributed by atoms with Gasteiger partial charge in [-0.1, -0.05) is 0 Å². The second kappa shape index (κ2) is 13.6. The summed E-state index contributed by atoms with van der Waals surface area (Å²) in [6.45, 7) is -0.250. The molecule has 0 unspecified atom stereocenters. The number of aliphatic hydroxyl groups excluding tert-OH is 3. The molecule has 7 nitrogen and oxygen atoms in total. The van der Waals surface area contributed by atoms with Crippen molar-refractivity contribution >= 4 is 11.7 Å². The Morgan fingerprint density at radius 2 is 1.75 bits per heavy atom. The van der Waals surface area contributed by atoms with E-state index < -0.39 is 0 Å². The van der Waals surface area contributed by atoms with Crippen molar-refractivity contribution in [3.05, 3.63) is 23.8 Å². The lowest BCUT2D eigenvalue weighted by molar-refractivity contribution is 0.0600. The normalized spacial score (nSPS) is 8.35. The Morgan fingerprint density at radius 1 is 1.20 bits per heavy atom. The van der Waals surface area contributed by atoms with Crippen LogP contribution in [0, 0.1) is 0 Å². The molecule has 0 saturated heterocycles. The number of rotatable bonds is 4. The Balaban J connectivity index is 0. The van der Waals surface area contributed by atoms with Gasteiger partial charge in [-0.2, -0.15) is 0 Å². The molecule has 0 radical (unpaired) electrons. The lowest BCUT2D eigenvalue weighted by Crippen LogP contribution is -2.03. The topological polar surface area (TPSA) is 108 Å². The largest absolute Gasteiger partial charge is 0.495 e. The van der Waals surface area contributed by atoms with Crippen LogP contribution in [0.2, 0.25) is 0 Å². The number of nitrogens with one attached hydrogen (secondary N) is 1. The number of anilines is 1. The molecule has 1 rings (SSSR count). The van der Waals surface area contributed by atoms with Gasteiger partial charge in [0.25, 0.3) is 0 Å². The van der Waals surface area contributed by atoms with Gasteiger partial charge in [0.15, 0.2) is 0 Å². The maximum Gasteiger partial charge on any atom is 0.337 e. The molecule has 7 heteroatoms. The van der Waals surface area contributed by atoms with Gasteiger partial charge >= 0.3 is 5.97 Å². The lowest BCUT2D eigenvalue weighted by atomic mass is 10.2. The molecule has 0 fully saturated rings. The fourth-order valence-electron chi connectivity index (χ4n) is 1.15. The molecule has 0 aromatic heterocycles. The number of aliphatic hydroxyl groups is 3. The number of benzene rings is 1. The van der Waals surface area contributed by atoms with Gasteiger partial charge in [0.2, 0.25) is 0 Å². The molecular formula is C13H23NO6. The lowest BCUT2D eigenvalue weighted by Gasteiger charge is -2.08. The molecule has 0 aliphatic heterocycles. The fraction of sp³-hybridized carbons (Fsp3) is 0.462. The third-order valence-corrected chi connectivity index (χ3v) is 1.99. The van der Waals surface area contributed by atoms with Gasteiger partial charge in [0.1, 0.15) is 5.75 Å². The number of hydrogen-bond acceptors (Lipinski definition) is 7. The van der Waals surface area contributed by atoms with E-state index >= 15 is 0 Å². The maximum atomic E-state index is 11.2. The predicted molar refractivity (Wildman–Crippen MR) is 76.2 cm³/mol. The smallest absolute Gasteiger partial charge is 0.337 e. The molecule has 0 heterocycles. The van der Waals surface area contributed by atoms with E-state index in [1.807, 2.05) is 0 Å². The Morgan fingerprint density at radius 3 is 2.10 bits per heavy atom. The summed E-state index contributed by atoms with van der Waals surface area (Å²) in [5.41, 5.74) is 1.26. The monoisotopic (exact) mass is 289 g/mol. The third-order valence-electron chi connectivity index (χ3n) is 1.99. The summed E-state index contributed by atoms with van der Waals surface area (Å²) in [5, 5.41) is 25.2. The van der Waals surface area contributed by atoms with Crippen LogP contribution in [0.1, 0.15) is 10.4 Å². The molecule has 1 aromatic rings. The van der Waals surface area contributed by atoms with Gasteiger partial charge in [-0.15, -0.1) is 0 Å². The Bertz CT molecular complexity index is 368. The summed E-state index contributed by atoms with van der Waals surface area (Å²) in [7, 11) is 5.69. The molecule has 0 aliphatic carbocycles. The van der Waals surface area contributed by atoms with Crippen molar-refractivity contribution in [2.75, 3.05) is 46.9 Å². The van der Waals surface area contributed by atoms with Crippen LogP contribution < -0.4 is 10.1 Å². The van der Waals surface area contributed by atoms with Crippen LogP contribution in [0.25, 0.3) is 0 Å². The maximum absolute atomic E-state index is 11.2. The summed E-state index contributed by atoms with van der Waals surface area (Å²) < 4.78 is 9.69. The molecular weight excluding hydrogens is 266 g/mol. The number of esters is 1. The third kappa shape index (κ3) is 7.57. The van der Waals surface area contributed by atoms with Crippen LogP contribution in [0.4, 0.5) is 5.69 Å². The molecule has 4 N–H and O–H groups in total. The minimum atomic E-state index is -0.357. The standard InChI is InChI=1S/C10H13NO3.C2H6O2.CH4O/c1-11-8-6-7(10(12)14-3)4-5-9(8)13-2;3-1-2-4;1-2/h4-6,11H,1-3H3;3-4H,1-2H2;2H,1H3. The molecule has 0 bridgehead atoms. The van der Waals surface area contributed by atoms with E-state index in [4.69, 9.17) is 20.1 Å². The Hall–Kier alpha value is -1.83. The van der Waals surface area contributed by atoms with E-state index in [-0.39, 0.29) is 19.2 Å². The SMILES string of the molecule is CNc1cc(C(=O)OC)ccc1OC.CO.OCCO. The van der Waals surface area contributed by atoms with Crippen molar-refractivity contribution in [1.29, 1.82) is 0 Å².